The van der Waals surface area contributed by atoms with Gasteiger partial charge in [-0.15, -0.1) is 0 Å². The highest BCUT2D eigenvalue weighted by Crippen LogP contribution is 2.18. The predicted molar refractivity (Wildman–Crippen MR) is 94.1 cm³/mol. The number of aromatic nitrogens is 2. The van der Waals surface area contributed by atoms with Crippen molar-refractivity contribution in [1.82, 2.24) is 20.0 Å². The van der Waals surface area contributed by atoms with Gasteiger partial charge in [0.1, 0.15) is 5.69 Å². The Morgan fingerprint density at radius 2 is 1.88 bits per heavy atom. The molecule has 2 aromatic rings. The number of carbonyl (C=O) groups is 1. The standard InChI is InChI=1S/C18H24N4O2/c1-5-13-6-8-14(9-7-13)16(21(2)3)12-19-18(24)15-10-11-17(23)22(4)20-15/h6-11,16H,5,12H2,1-4H3,(H,19,24). The average Bonchev–Trinajstić information content (AvgIpc) is 2.57. The molecule has 0 radical (unpaired) electrons. The molecular weight excluding hydrogens is 304 g/mol. The lowest BCUT2D eigenvalue weighted by molar-refractivity contribution is 0.0934. The minimum Gasteiger partial charge on any atom is -0.349 e. The molecule has 6 nitrogen and oxygen atoms in total. The molecule has 0 aliphatic carbocycles. The van der Waals surface area contributed by atoms with Gasteiger partial charge in [0.25, 0.3) is 11.5 Å². The normalized spacial score (nSPS) is 12.2. The van der Waals surface area contributed by atoms with Crippen LogP contribution in [0.25, 0.3) is 0 Å². The van der Waals surface area contributed by atoms with Crippen molar-refractivity contribution in [2.45, 2.75) is 19.4 Å². The van der Waals surface area contributed by atoms with Gasteiger partial charge in [-0.3, -0.25) is 9.59 Å². The van der Waals surface area contributed by atoms with E-state index in [0.29, 0.717) is 6.54 Å². The van der Waals surface area contributed by atoms with Crippen molar-refractivity contribution in [3.8, 4) is 0 Å². The molecular formula is C18H24N4O2. The van der Waals surface area contributed by atoms with Gasteiger partial charge in [-0.25, -0.2) is 4.68 Å². The summed E-state index contributed by atoms with van der Waals surface area (Å²) in [7, 11) is 5.49. The summed E-state index contributed by atoms with van der Waals surface area (Å²) in [5.41, 5.74) is 2.42. The molecule has 0 aliphatic rings. The van der Waals surface area contributed by atoms with Crippen molar-refractivity contribution in [2.75, 3.05) is 20.6 Å². The smallest absolute Gasteiger partial charge is 0.271 e. The van der Waals surface area contributed by atoms with E-state index in [0.717, 1.165) is 16.7 Å². The molecule has 0 saturated heterocycles. The highest BCUT2D eigenvalue weighted by atomic mass is 16.2. The zero-order valence-corrected chi connectivity index (χ0v) is 14.6. The van der Waals surface area contributed by atoms with Crippen molar-refractivity contribution in [3.05, 3.63) is 63.6 Å². The van der Waals surface area contributed by atoms with Gasteiger partial charge in [0.05, 0.1) is 6.04 Å². The monoisotopic (exact) mass is 328 g/mol. The van der Waals surface area contributed by atoms with Gasteiger partial charge in [-0.1, -0.05) is 31.2 Å². The second-order valence-electron chi connectivity index (χ2n) is 5.96. The Labute approximate surface area is 142 Å². The second-order valence-corrected chi connectivity index (χ2v) is 5.96. The maximum atomic E-state index is 12.3. The molecule has 1 heterocycles. The third-order valence-corrected chi connectivity index (χ3v) is 4.05. The maximum Gasteiger partial charge on any atom is 0.271 e. The van der Waals surface area contributed by atoms with Crippen molar-refractivity contribution in [1.29, 1.82) is 0 Å². The lowest BCUT2D eigenvalue weighted by Crippen LogP contribution is -2.35. The number of nitrogens with one attached hydrogen (secondary N) is 1. The highest BCUT2D eigenvalue weighted by molar-refractivity contribution is 5.92. The van der Waals surface area contributed by atoms with Crippen LogP contribution in [-0.2, 0) is 13.5 Å². The molecule has 24 heavy (non-hydrogen) atoms. The third-order valence-electron chi connectivity index (χ3n) is 4.05. The number of amides is 1. The van der Waals surface area contributed by atoms with Crippen LogP contribution in [0.3, 0.4) is 0 Å². The SMILES string of the molecule is CCc1ccc(C(CNC(=O)c2ccc(=O)n(C)n2)N(C)C)cc1. The first-order valence-electron chi connectivity index (χ1n) is 8.00. The van der Waals surface area contributed by atoms with Gasteiger partial charge in [0.15, 0.2) is 0 Å². The first kappa shape index (κ1) is 17.9. The van der Waals surface area contributed by atoms with Gasteiger partial charge in [0.2, 0.25) is 0 Å². The van der Waals surface area contributed by atoms with E-state index in [4.69, 9.17) is 0 Å². The summed E-state index contributed by atoms with van der Waals surface area (Å²) in [4.78, 5) is 25.7. The summed E-state index contributed by atoms with van der Waals surface area (Å²) in [6.07, 6.45) is 1.00. The van der Waals surface area contributed by atoms with E-state index in [1.54, 1.807) is 0 Å². The molecule has 0 saturated carbocycles. The maximum absolute atomic E-state index is 12.3. The number of aryl methyl sites for hydroxylation is 2. The lowest BCUT2D eigenvalue weighted by atomic mass is 10.0. The van der Waals surface area contributed by atoms with Gasteiger partial charge in [-0.2, -0.15) is 5.10 Å². The van der Waals surface area contributed by atoms with Crippen LogP contribution in [0.5, 0.6) is 0 Å². The Balaban J connectivity index is 2.08. The van der Waals surface area contributed by atoms with Crippen molar-refractivity contribution < 1.29 is 4.79 Å². The van der Waals surface area contributed by atoms with Crippen LogP contribution >= 0.6 is 0 Å². The topological polar surface area (TPSA) is 67.2 Å². The van der Waals surface area contributed by atoms with Crippen molar-refractivity contribution in [3.63, 3.8) is 0 Å². The average molecular weight is 328 g/mol. The summed E-state index contributed by atoms with van der Waals surface area (Å²) >= 11 is 0. The van der Waals surface area contributed by atoms with Crippen LogP contribution in [0.2, 0.25) is 0 Å². The van der Waals surface area contributed by atoms with Gasteiger partial charge < -0.3 is 10.2 Å². The van der Waals surface area contributed by atoms with Crippen LogP contribution in [0.1, 0.15) is 34.6 Å². The number of carbonyl (C=O) groups excluding carboxylic acids is 1. The van der Waals surface area contributed by atoms with Crippen LogP contribution in [0.4, 0.5) is 0 Å². The van der Waals surface area contributed by atoms with Crippen LogP contribution in [0.15, 0.2) is 41.2 Å². The van der Waals surface area contributed by atoms with E-state index in [-0.39, 0.29) is 23.2 Å². The summed E-state index contributed by atoms with van der Waals surface area (Å²) in [5.74, 6) is -0.289. The summed E-state index contributed by atoms with van der Waals surface area (Å²) in [6.45, 7) is 2.58. The van der Waals surface area contributed by atoms with Gasteiger partial charge in [0, 0.05) is 19.7 Å². The third kappa shape index (κ3) is 4.29. The number of benzene rings is 1. The fourth-order valence-corrected chi connectivity index (χ4v) is 2.48. The van der Waals surface area contributed by atoms with Crippen LogP contribution in [0, 0.1) is 0 Å². The first-order chi connectivity index (χ1) is 11.4. The Hall–Kier alpha value is -2.47. The highest BCUT2D eigenvalue weighted by Gasteiger charge is 2.16. The molecule has 2 rings (SSSR count). The number of rotatable bonds is 6. The van der Waals surface area contributed by atoms with Gasteiger partial charge in [-0.05, 0) is 37.7 Å². The summed E-state index contributed by atoms with van der Waals surface area (Å²) in [6, 6.07) is 11.3. The molecule has 0 aliphatic heterocycles. The molecule has 0 spiro atoms. The Bertz CT molecular complexity index is 750. The molecule has 1 atom stereocenters. The van der Waals surface area contributed by atoms with E-state index >= 15 is 0 Å². The van der Waals surface area contributed by atoms with E-state index in [2.05, 4.69) is 46.5 Å². The molecule has 0 bridgehead atoms. The summed E-state index contributed by atoms with van der Waals surface area (Å²) < 4.78 is 1.15. The Morgan fingerprint density at radius 3 is 2.42 bits per heavy atom. The molecule has 1 aromatic carbocycles. The van der Waals surface area contributed by atoms with E-state index in [1.807, 2.05) is 14.1 Å². The molecule has 0 fully saturated rings. The Kier molecular flexibility index (Phi) is 5.87. The fraction of sp³-hybridized carbons (Fsp3) is 0.389. The molecule has 6 heteroatoms. The minimum absolute atomic E-state index is 0.0624. The molecule has 1 amide bonds. The zero-order valence-electron chi connectivity index (χ0n) is 14.6. The fourth-order valence-electron chi connectivity index (χ4n) is 2.48. The van der Waals surface area contributed by atoms with E-state index in [1.165, 1.54) is 24.7 Å². The number of likely N-dealkylation sites (N-methyl/N-ethyl adjacent to an activating group) is 1. The lowest BCUT2D eigenvalue weighted by Gasteiger charge is -2.25. The van der Waals surface area contributed by atoms with Crippen molar-refractivity contribution in [2.24, 2.45) is 7.05 Å². The van der Waals surface area contributed by atoms with Gasteiger partial charge >= 0.3 is 0 Å². The van der Waals surface area contributed by atoms with Crippen LogP contribution in [-0.4, -0.2) is 41.2 Å². The van der Waals surface area contributed by atoms with Crippen molar-refractivity contribution >= 4 is 5.91 Å². The molecule has 1 N–H and O–H groups in total. The van der Waals surface area contributed by atoms with Crippen LogP contribution < -0.4 is 10.9 Å². The zero-order chi connectivity index (χ0) is 17.7. The number of nitrogens with zero attached hydrogens (tertiary/aromatic N) is 3. The molecule has 1 unspecified atom stereocenters. The Morgan fingerprint density at radius 1 is 1.21 bits per heavy atom. The molecule has 128 valence electrons. The predicted octanol–water partition coefficient (Wildman–Crippen LogP) is 1.38. The number of hydrogen-bond donors (Lipinski definition) is 1. The number of hydrogen-bond acceptors (Lipinski definition) is 4. The summed E-state index contributed by atoms with van der Waals surface area (Å²) in [5, 5.41) is 6.87. The largest absolute Gasteiger partial charge is 0.349 e. The van der Waals surface area contributed by atoms with E-state index in [9.17, 15) is 9.59 Å². The minimum atomic E-state index is -0.289. The first-order valence-corrected chi connectivity index (χ1v) is 8.00. The van der Waals surface area contributed by atoms with E-state index < -0.39 is 0 Å². The quantitative estimate of drug-likeness (QED) is 0.870. The second kappa shape index (κ2) is 7.88. The molecule has 1 aromatic heterocycles.